The number of carbonyl (C=O) groups excluding carboxylic acids is 2. The molecule has 1 saturated carbocycles. The number of hydrogen-bond donors (Lipinski definition) is 3. The van der Waals surface area contributed by atoms with Crippen molar-refractivity contribution in [2.24, 2.45) is 4.99 Å². The van der Waals surface area contributed by atoms with Crippen molar-refractivity contribution in [3.8, 4) is 0 Å². The maximum atomic E-state index is 12.5. The van der Waals surface area contributed by atoms with Crippen LogP contribution in [0, 0.1) is 0 Å². The predicted molar refractivity (Wildman–Crippen MR) is 138 cm³/mol. The summed E-state index contributed by atoms with van der Waals surface area (Å²) in [6, 6.07) is 8.15. The highest BCUT2D eigenvalue weighted by Gasteiger charge is 2.34. The Hall–Kier alpha value is -2.04. The SMILES string of the molecule is CCNC(=NCC1CC(=O)Nc2ccccc21)NCCN(C(=O)OC(C)(C)C)C1CC1.I. The quantitative estimate of drug-likeness (QED) is 0.270. The van der Waals surface area contributed by atoms with E-state index in [4.69, 9.17) is 9.73 Å². The number of halogens is 1. The van der Waals surface area contributed by atoms with Crippen molar-refractivity contribution < 1.29 is 14.3 Å². The number of rotatable bonds is 7. The summed E-state index contributed by atoms with van der Waals surface area (Å²) in [5.41, 5.74) is 1.48. The molecule has 1 atom stereocenters. The van der Waals surface area contributed by atoms with Gasteiger partial charge in [-0.1, -0.05) is 18.2 Å². The zero-order valence-corrected chi connectivity index (χ0v) is 21.8. The largest absolute Gasteiger partial charge is 0.444 e. The van der Waals surface area contributed by atoms with Gasteiger partial charge < -0.3 is 25.6 Å². The highest BCUT2D eigenvalue weighted by Crippen LogP contribution is 2.32. The van der Waals surface area contributed by atoms with E-state index in [-0.39, 0.29) is 47.9 Å². The monoisotopic (exact) mass is 557 g/mol. The molecule has 9 heteroatoms. The van der Waals surface area contributed by atoms with Crippen LogP contribution in [0.1, 0.15) is 58.4 Å². The molecule has 1 aliphatic carbocycles. The van der Waals surface area contributed by atoms with E-state index in [1.807, 2.05) is 56.9 Å². The van der Waals surface area contributed by atoms with E-state index in [1.165, 1.54) is 0 Å². The lowest BCUT2D eigenvalue weighted by Gasteiger charge is -2.28. The van der Waals surface area contributed by atoms with Crippen LogP contribution in [0.15, 0.2) is 29.3 Å². The molecule has 3 rings (SSSR count). The number of ether oxygens (including phenoxy) is 1. The maximum Gasteiger partial charge on any atom is 0.410 e. The Balaban J connectivity index is 0.00000363. The highest BCUT2D eigenvalue weighted by atomic mass is 127. The molecule has 0 spiro atoms. The summed E-state index contributed by atoms with van der Waals surface area (Å²) >= 11 is 0. The minimum Gasteiger partial charge on any atom is -0.444 e. The van der Waals surface area contributed by atoms with Gasteiger partial charge in [0.1, 0.15) is 5.60 Å². The van der Waals surface area contributed by atoms with Gasteiger partial charge in [0, 0.05) is 43.7 Å². The van der Waals surface area contributed by atoms with Gasteiger partial charge in [0.2, 0.25) is 5.91 Å². The fourth-order valence-corrected chi connectivity index (χ4v) is 3.63. The first kappa shape index (κ1) is 26.2. The number of benzene rings is 1. The van der Waals surface area contributed by atoms with E-state index in [9.17, 15) is 9.59 Å². The molecule has 8 nitrogen and oxygen atoms in total. The third-order valence-electron chi connectivity index (χ3n) is 5.18. The lowest BCUT2D eigenvalue weighted by molar-refractivity contribution is -0.116. The number of anilines is 1. The minimum atomic E-state index is -0.503. The molecule has 3 N–H and O–H groups in total. The Kier molecular flexibility index (Phi) is 9.60. The standard InChI is InChI=1S/C23H35N5O3.HI/c1-5-24-21(25-12-13-28(17-10-11-17)22(30)31-23(2,3)4)26-15-16-14-20(29)27-19-9-7-6-8-18(16)19;/h6-9,16-17H,5,10-15H2,1-4H3,(H,27,29)(H2,24,25,26);1H. The number of guanidine groups is 1. The molecular formula is C23H36IN5O3. The van der Waals surface area contributed by atoms with Crippen LogP contribution in [0.3, 0.4) is 0 Å². The average molecular weight is 557 g/mol. The second-order valence-electron chi connectivity index (χ2n) is 9.09. The molecule has 0 radical (unpaired) electrons. The Labute approximate surface area is 208 Å². The molecule has 0 aromatic heterocycles. The van der Waals surface area contributed by atoms with Gasteiger partial charge >= 0.3 is 6.09 Å². The number of carbonyl (C=O) groups is 2. The average Bonchev–Trinajstić information content (AvgIpc) is 3.52. The smallest absolute Gasteiger partial charge is 0.410 e. The number of hydrogen-bond acceptors (Lipinski definition) is 4. The molecule has 1 fully saturated rings. The highest BCUT2D eigenvalue weighted by molar-refractivity contribution is 14.0. The molecule has 0 bridgehead atoms. The van der Waals surface area contributed by atoms with Crippen molar-refractivity contribution in [2.45, 2.75) is 64.5 Å². The van der Waals surface area contributed by atoms with Crippen LogP contribution in [0.4, 0.5) is 10.5 Å². The molecule has 1 unspecified atom stereocenters. The summed E-state index contributed by atoms with van der Waals surface area (Å²) in [4.78, 5) is 31.1. The van der Waals surface area contributed by atoms with E-state index in [1.54, 1.807) is 0 Å². The number of amides is 2. The lowest BCUT2D eigenvalue weighted by atomic mass is 9.91. The molecule has 1 heterocycles. The van der Waals surface area contributed by atoms with Gasteiger partial charge in [0.05, 0.1) is 6.54 Å². The molecule has 2 amide bonds. The van der Waals surface area contributed by atoms with Crippen LogP contribution >= 0.6 is 24.0 Å². The van der Waals surface area contributed by atoms with Gasteiger partial charge in [-0.25, -0.2) is 4.79 Å². The van der Waals surface area contributed by atoms with Crippen molar-refractivity contribution in [1.29, 1.82) is 0 Å². The summed E-state index contributed by atoms with van der Waals surface area (Å²) in [6.07, 6.45) is 2.21. The summed E-state index contributed by atoms with van der Waals surface area (Å²) in [5.74, 6) is 0.755. The topological polar surface area (TPSA) is 95.1 Å². The summed E-state index contributed by atoms with van der Waals surface area (Å²) in [7, 11) is 0. The molecule has 178 valence electrons. The maximum absolute atomic E-state index is 12.5. The van der Waals surface area contributed by atoms with Crippen LogP contribution in [0.2, 0.25) is 0 Å². The molecule has 32 heavy (non-hydrogen) atoms. The zero-order valence-electron chi connectivity index (χ0n) is 19.4. The molecule has 1 aromatic rings. The van der Waals surface area contributed by atoms with Crippen molar-refractivity contribution in [3.63, 3.8) is 0 Å². The van der Waals surface area contributed by atoms with E-state index in [2.05, 4.69) is 16.0 Å². The molecule has 0 saturated heterocycles. The van der Waals surface area contributed by atoms with Crippen LogP contribution in [0.5, 0.6) is 0 Å². The second kappa shape index (κ2) is 11.7. The first-order chi connectivity index (χ1) is 14.8. The first-order valence-electron chi connectivity index (χ1n) is 11.2. The normalized spacial score (nSPS) is 18.1. The van der Waals surface area contributed by atoms with Crippen LogP contribution in [0.25, 0.3) is 0 Å². The fraction of sp³-hybridized carbons (Fsp3) is 0.609. The van der Waals surface area contributed by atoms with Gasteiger partial charge in [0.15, 0.2) is 5.96 Å². The number of aliphatic imine (C=N–C) groups is 1. The van der Waals surface area contributed by atoms with Crippen molar-refractivity contribution >= 4 is 47.6 Å². The van der Waals surface area contributed by atoms with Crippen molar-refractivity contribution in [2.75, 3.05) is 31.5 Å². The third-order valence-corrected chi connectivity index (χ3v) is 5.18. The Bertz CT molecular complexity index is 820. The second-order valence-corrected chi connectivity index (χ2v) is 9.09. The number of para-hydroxylation sites is 1. The van der Waals surface area contributed by atoms with Crippen LogP contribution in [-0.4, -0.2) is 60.7 Å². The summed E-state index contributed by atoms with van der Waals surface area (Å²) < 4.78 is 5.55. The van der Waals surface area contributed by atoms with Crippen molar-refractivity contribution in [3.05, 3.63) is 29.8 Å². The van der Waals surface area contributed by atoms with E-state index in [0.29, 0.717) is 32.0 Å². The zero-order chi connectivity index (χ0) is 22.4. The van der Waals surface area contributed by atoms with Crippen LogP contribution in [-0.2, 0) is 9.53 Å². The van der Waals surface area contributed by atoms with E-state index in [0.717, 1.165) is 30.6 Å². The van der Waals surface area contributed by atoms with Crippen molar-refractivity contribution in [1.82, 2.24) is 15.5 Å². The predicted octanol–water partition coefficient (Wildman–Crippen LogP) is 3.69. The number of nitrogens with zero attached hydrogens (tertiary/aromatic N) is 2. The lowest BCUT2D eigenvalue weighted by Crippen LogP contribution is -2.45. The molecular weight excluding hydrogens is 521 g/mol. The Morgan fingerprint density at radius 1 is 1.25 bits per heavy atom. The molecule has 1 aromatic carbocycles. The van der Waals surface area contributed by atoms with E-state index < -0.39 is 5.60 Å². The van der Waals surface area contributed by atoms with E-state index >= 15 is 0 Å². The summed E-state index contributed by atoms with van der Waals surface area (Å²) in [6.45, 7) is 10.0. The minimum absolute atomic E-state index is 0. The third kappa shape index (κ3) is 7.83. The Morgan fingerprint density at radius 3 is 2.62 bits per heavy atom. The molecule has 2 aliphatic rings. The fourth-order valence-electron chi connectivity index (χ4n) is 3.63. The first-order valence-corrected chi connectivity index (χ1v) is 11.2. The van der Waals surface area contributed by atoms with Gasteiger partial charge in [-0.15, -0.1) is 24.0 Å². The Morgan fingerprint density at radius 2 is 1.97 bits per heavy atom. The van der Waals surface area contributed by atoms with Gasteiger partial charge in [0.25, 0.3) is 0 Å². The number of nitrogens with one attached hydrogen (secondary N) is 3. The van der Waals surface area contributed by atoms with Gasteiger partial charge in [-0.05, 0) is 52.2 Å². The van der Waals surface area contributed by atoms with Gasteiger partial charge in [-0.3, -0.25) is 9.79 Å². The summed E-state index contributed by atoms with van der Waals surface area (Å²) in [5, 5.41) is 9.49. The molecule has 1 aliphatic heterocycles. The van der Waals surface area contributed by atoms with Gasteiger partial charge in [-0.2, -0.15) is 0 Å². The van der Waals surface area contributed by atoms with Crippen LogP contribution < -0.4 is 16.0 Å². The number of fused-ring (bicyclic) bond motifs is 1.